The molecule has 0 aliphatic heterocycles. The first-order valence-electron chi connectivity index (χ1n) is 3.66. The van der Waals surface area contributed by atoms with E-state index in [2.05, 4.69) is 15.9 Å². The molecular formula is C9H10BrFO. The minimum Gasteiger partial charge on any atom is -0.389 e. The number of rotatable bonds is 1. The zero-order valence-electron chi connectivity index (χ0n) is 6.94. The zero-order valence-corrected chi connectivity index (χ0v) is 8.52. The van der Waals surface area contributed by atoms with Crippen LogP contribution in [0.5, 0.6) is 0 Å². The number of hydrogen-bond donors (Lipinski definition) is 1. The Bertz CT molecular complexity index is 297. The van der Waals surface area contributed by atoms with E-state index in [-0.39, 0.29) is 5.82 Å². The maximum atomic E-state index is 13.0. The molecule has 0 aromatic heterocycles. The second-order valence-electron chi connectivity index (χ2n) is 2.77. The lowest BCUT2D eigenvalue weighted by molar-refractivity contribution is 0.197. The van der Waals surface area contributed by atoms with E-state index in [0.29, 0.717) is 10.0 Å². The summed E-state index contributed by atoms with van der Waals surface area (Å²) in [4.78, 5) is 0. The summed E-state index contributed by atoms with van der Waals surface area (Å²) in [6.07, 6.45) is -0.643. The molecule has 1 N–H and O–H groups in total. The molecule has 0 amide bonds. The lowest BCUT2D eigenvalue weighted by Crippen LogP contribution is -1.98. The fraction of sp³-hybridized carbons (Fsp3) is 0.333. The van der Waals surface area contributed by atoms with Crippen LogP contribution in [0.2, 0.25) is 0 Å². The van der Waals surface area contributed by atoms with E-state index in [0.717, 1.165) is 5.56 Å². The molecule has 1 nitrogen and oxygen atoms in total. The molecule has 0 saturated heterocycles. The van der Waals surface area contributed by atoms with Crippen LogP contribution in [0.25, 0.3) is 0 Å². The molecule has 0 aliphatic carbocycles. The first-order valence-corrected chi connectivity index (χ1v) is 4.46. The van der Waals surface area contributed by atoms with Crippen LogP contribution >= 0.6 is 15.9 Å². The van der Waals surface area contributed by atoms with Crippen molar-refractivity contribution in [1.82, 2.24) is 0 Å². The summed E-state index contributed by atoms with van der Waals surface area (Å²) in [5.41, 5.74) is 1.51. The van der Waals surface area contributed by atoms with Crippen molar-refractivity contribution in [3.05, 3.63) is 33.5 Å². The molecule has 1 aromatic carbocycles. The Balaban J connectivity index is 3.33. The molecule has 1 aromatic rings. The van der Waals surface area contributed by atoms with E-state index in [1.807, 2.05) is 6.92 Å². The molecule has 1 rings (SSSR count). The van der Waals surface area contributed by atoms with Crippen molar-refractivity contribution in [2.75, 3.05) is 0 Å². The van der Waals surface area contributed by atoms with Gasteiger partial charge in [-0.25, -0.2) is 4.39 Å². The Morgan fingerprint density at radius 3 is 2.50 bits per heavy atom. The summed E-state index contributed by atoms with van der Waals surface area (Å²) in [5.74, 6) is -0.337. The van der Waals surface area contributed by atoms with Gasteiger partial charge >= 0.3 is 0 Å². The van der Waals surface area contributed by atoms with E-state index >= 15 is 0 Å². The molecule has 0 spiro atoms. The van der Waals surface area contributed by atoms with Crippen molar-refractivity contribution in [3.8, 4) is 0 Å². The molecule has 3 heteroatoms. The second kappa shape index (κ2) is 3.54. The highest BCUT2D eigenvalue weighted by molar-refractivity contribution is 9.10. The molecule has 1 atom stereocenters. The highest BCUT2D eigenvalue weighted by Crippen LogP contribution is 2.28. The molecular weight excluding hydrogens is 223 g/mol. The lowest BCUT2D eigenvalue weighted by atomic mass is 10.0. The molecule has 66 valence electrons. The summed E-state index contributed by atoms with van der Waals surface area (Å²) in [7, 11) is 0. The van der Waals surface area contributed by atoms with Gasteiger partial charge in [-0.05, 0) is 41.4 Å². The van der Waals surface area contributed by atoms with Crippen LogP contribution < -0.4 is 0 Å². The van der Waals surface area contributed by atoms with Crippen molar-refractivity contribution in [2.24, 2.45) is 0 Å². The highest BCUT2D eigenvalue weighted by atomic mass is 79.9. The SMILES string of the molecule is Cc1ccc(F)c(Br)c1C(C)O. The summed E-state index contributed by atoms with van der Waals surface area (Å²) in [6.45, 7) is 3.46. The van der Waals surface area contributed by atoms with Crippen molar-refractivity contribution >= 4 is 15.9 Å². The molecule has 0 aliphatic rings. The van der Waals surface area contributed by atoms with Gasteiger partial charge in [0.25, 0.3) is 0 Å². The van der Waals surface area contributed by atoms with E-state index < -0.39 is 6.10 Å². The van der Waals surface area contributed by atoms with Crippen LogP contribution in [0, 0.1) is 12.7 Å². The Morgan fingerprint density at radius 2 is 2.08 bits per heavy atom. The van der Waals surface area contributed by atoms with Crippen LogP contribution in [-0.2, 0) is 0 Å². The van der Waals surface area contributed by atoms with Gasteiger partial charge in [-0.1, -0.05) is 6.07 Å². The molecule has 0 radical (unpaired) electrons. The Morgan fingerprint density at radius 1 is 1.50 bits per heavy atom. The predicted molar refractivity (Wildman–Crippen MR) is 49.5 cm³/mol. The molecule has 0 heterocycles. The maximum Gasteiger partial charge on any atom is 0.137 e. The van der Waals surface area contributed by atoms with E-state index in [4.69, 9.17) is 0 Å². The first-order chi connectivity index (χ1) is 5.54. The summed E-state index contributed by atoms with van der Waals surface area (Å²) in [5, 5.41) is 9.31. The number of halogens is 2. The Labute approximate surface area is 79.4 Å². The van der Waals surface area contributed by atoms with Gasteiger partial charge in [-0.3, -0.25) is 0 Å². The topological polar surface area (TPSA) is 20.2 Å². The summed E-state index contributed by atoms with van der Waals surface area (Å²) in [6, 6.07) is 3.04. The van der Waals surface area contributed by atoms with E-state index in [1.54, 1.807) is 13.0 Å². The summed E-state index contributed by atoms with van der Waals surface area (Å²) >= 11 is 3.10. The highest BCUT2D eigenvalue weighted by Gasteiger charge is 2.12. The minimum absolute atomic E-state index is 0.337. The Hall–Kier alpha value is -0.410. The van der Waals surface area contributed by atoms with Gasteiger partial charge in [0.15, 0.2) is 0 Å². The van der Waals surface area contributed by atoms with E-state index in [9.17, 15) is 9.50 Å². The van der Waals surface area contributed by atoms with E-state index in [1.165, 1.54) is 6.07 Å². The third-order valence-corrected chi connectivity index (χ3v) is 2.57. The standard InChI is InChI=1S/C9H10BrFO/c1-5-3-4-7(11)9(10)8(5)6(2)12/h3-4,6,12H,1-2H3. The lowest BCUT2D eigenvalue weighted by Gasteiger charge is -2.11. The maximum absolute atomic E-state index is 13.0. The fourth-order valence-electron chi connectivity index (χ4n) is 1.18. The summed E-state index contributed by atoms with van der Waals surface area (Å²) < 4.78 is 13.3. The molecule has 0 fully saturated rings. The van der Waals surface area contributed by atoms with Gasteiger partial charge < -0.3 is 5.11 Å². The number of aliphatic hydroxyl groups excluding tert-OH is 1. The molecule has 12 heavy (non-hydrogen) atoms. The van der Waals surface area contributed by atoms with Crippen molar-refractivity contribution in [3.63, 3.8) is 0 Å². The number of benzene rings is 1. The predicted octanol–water partition coefficient (Wildman–Crippen LogP) is 2.95. The Kier molecular flexibility index (Phi) is 2.85. The van der Waals surface area contributed by atoms with Crippen molar-refractivity contribution < 1.29 is 9.50 Å². The number of hydrogen-bond acceptors (Lipinski definition) is 1. The van der Waals surface area contributed by atoms with Gasteiger partial charge in [0.1, 0.15) is 5.82 Å². The van der Waals surface area contributed by atoms with Crippen LogP contribution in [0.3, 0.4) is 0 Å². The van der Waals surface area contributed by atoms with Gasteiger partial charge in [0, 0.05) is 5.56 Å². The number of aryl methyl sites for hydroxylation is 1. The fourth-order valence-corrected chi connectivity index (χ4v) is 1.95. The quantitative estimate of drug-likeness (QED) is 0.790. The zero-order chi connectivity index (χ0) is 9.30. The second-order valence-corrected chi connectivity index (χ2v) is 3.56. The van der Waals surface area contributed by atoms with Crippen LogP contribution in [0.4, 0.5) is 4.39 Å². The number of aliphatic hydroxyl groups is 1. The van der Waals surface area contributed by atoms with Gasteiger partial charge in [-0.2, -0.15) is 0 Å². The average Bonchev–Trinajstić information content (AvgIpc) is 1.97. The third-order valence-electron chi connectivity index (χ3n) is 1.77. The van der Waals surface area contributed by atoms with Crippen molar-refractivity contribution in [2.45, 2.75) is 20.0 Å². The van der Waals surface area contributed by atoms with Crippen LogP contribution in [0.15, 0.2) is 16.6 Å². The van der Waals surface area contributed by atoms with Gasteiger partial charge in [-0.15, -0.1) is 0 Å². The van der Waals surface area contributed by atoms with Gasteiger partial charge in [0.2, 0.25) is 0 Å². The molecule has 1 unspecified atom stereocenters. The third kappa shape index (κ3) is 1.67. The monoisotopic (exact) mass is 232 g/mol. The van der Waals surface area contributed by atoms with Gasteiger partial charge in [0.05, 0.1) is 10.6 Å². The van der Waals surface area contributed by atoms with Crippen LogP contribution in [-0.4, -0.2) is 5.11 Å². The van der Waals surface area contributed by atoms with Crippen LogP contribution in [0.1, 0.15) is 24.2 Å². The minimum atomic E-state index is -0.643. The molecule has 0 saturated carbocycles. The normalized spacial score (nSPS) is 13.1. The van der Waals surface area contributed by atoms with Crippen molar-refractivity contribution in [1.29, 1.82) is 0 Å². The average molecular weight is 233 g/mol. The molecule has 0 bridgehead atoms. The first kappa shape index (κ1) is 9.68. The smallest absolute Gasteiger partial charge is 0.137 e. The largest absolute Gasteiger partial charge is 0.389 e.